The van der Waals surface area contributed by atoms with E-state index >= 15 is 0 Å². The molecule has 5 heteroatoms. The summed E-state index contributed by atoms with van der Waals surface area (Å²) in [6, 6.07) is 7.07. The largest absolute Gasteiger partial charge is 0.392 e. The number of aliphatic hydroxyl groups excluding tert-OH is 1. The molecule has 1 aromatic carbocycles. The fourth-order valence-electron chi connectivity index (χ4n) is 1.16. The zero-order chi connectivity index (χ0) is 12.1. The average molecular weight is 284 g/mol. The summed E-state index contributed by atoms with van der Waals surface area (Å²) in [7, 11) is 0. The van der Waals surface area contributed by atoms with Crippen LogP contribution in [0.3, 0.4) is 0 Å². The summed E-state index contributed by atoms with van der Waals surface area (Å²) in [5.74, 6) is 0. The molecular weight excluding hydrogens is 270 g/mol. The molecule has 0 spiro atoms. The van der Waals surface area contributed by atoms with Gasteiger partial charge >= 0.3 is 0 Å². The summed E-state index contributed by atoms with van der Waals surface area (Å²) in [6.45, 7) is 2.06. The number of nitrogens with one attached hydrogen (secondary N) is 1. The lowest BCUT2D eigenvalue weighted by Crippen LogP contribution is -2.38. The van der Waals surface area contributed by atoms with Crippen molar-refractivity contribution in [2.45, 2.75) is 19.1 Å². The van der Waals surface area contributed by atoms with E-state index in [9.17, 15) is 5.11 Å². The van der Waals surface area contributed by atoms with Crippen molar-refractivity contribution in [2.24, 2.45) is 5.73 Å². The minimum atomic E-state index is -0.579. The first-order valence-electron chi connectivity index (χ1n) is 4.91. The maximum Gasteiger partial charge on any atom is 0.101 e. The van der Waals surface area contributed by atoms with Gasteiger partial charge in [-0.1, -0.05) is 15.9 Å². The van der Waals surface area contributed by atoms with Crippen LogP contribution in [0.5, 0.6) is 0 Å². The van der Waals surface area contributed by atoms with Crippen LogP contribution < -0.4 is 11.1 Å². The second-order valence-corrected chi connectivity index (χ2v) is 4.50. The van der Waals surface area contributed by atoms with Gasteiger partial charge < -0.3 is 16.2 Å². The highest BCUT2D eigenvalue weighted by molar-refractivity contribution is 9.10. The van der Waals surface area contributed by atoms with Gasteiger partial charge in [0.1, 0.15) is 6.07 Å². The van der Waals surface area contributed by atoms with E-state index < -0.39 is 6.10 Å². The number of halogens is 1. The van der Waals surface area contributed by atoms with Crippen LogP contribution in [-0.2, 0) is 0 Å². The van der Waals surface area contributed by atoms with Crippen LogP contribution in [0.2, 0.25) is 0 Å². The highest BCUT2D eigenvalue weighted by Crippen LogP contribution is 2.20. The number of rotatable bonds is 4. The number of nitrogens with zero attached hydrogens (tertiary/aromatic N) is 1. The third-order valence-electron chi connectivity index (χ3n) is 2.25. The molecule has 0 heterocycles. The van der Waals surface area contributed by atoms with Gasteiger partial charge in [0, 0.05) is 17.1 Å². The van der Waals surface area contributed by atoms with Gasteiger partial charge in [-0.15, -0.1) is 0 Å². The molecule has 1 aromatic rings. The molecule has 2 unspecified atom stereocenters. The predicted octanol–water partition coefficient (Wildman–Crippen LogP) is 1.44. The number of hydrogen-bond donors (Lipinski definition) is 3. The lowest BCUT2D eigenvalue weighted by atomic mass is 10.1. The molecule has 2 atom stereocenters. The Bertz CT molecular complexity index is 401. The third kappa shape index (κ3) is 3.49. The van der Waals surface area contributed by atoms with E-state index in [4.69, 9.17) is 11.0 Å². The van der Waals surface area contributed by atoms with Crippen molar-refractivity contribution in [3.8, 4) is 6.07 Å². The van der Waals surface area contributed by atoms with Crippen molar-refractivity contribution in [3.05, 3.63) is 28.2 Å². The molecule has 4 nitrogen and oxygen atoms in total. The molecule has 0 aromatic heterocycles. The number of benzene rings is 1. The molecule has 0 amide bonds. The molecule has 0 fully saturated rings. The van der Waals surface area contributed by atoms with Crippen molar-refractivity contribution in [3.63, 3.8) is 0 Å². The first-order chi connectivity index (χ1) is 7.54. The van der Waals surface area contributed by atoms with Gasteiger partial charge in [0.15, 0.2) is 0 Å². The van der Waals surface area contributed by atoms with Crippen LogP contribution in [0.4, 0.5) is 5.69 Å². The van der Waals surface area contributed by atoms with Crippen LogP contribution in [0.15, 0.2) is 22.7 Å². The second-order valence-electron chi connectivity index (χ2n) is 3.59. The molecule has 4 N–H and O–H groups in total. The molecule has 0 aliphatic carbocycles. The quantitative estimate of drug-likeness (QED) is 0.781. The lowest BCUT2D eigenvalue weighted by Gasteiger charge is -2.16. The molecule has 1 rings (SSSR count). The summed E-state index contributed by atoms with van der Waals surface area (Å²) in [4.78, 5) is 0. The summed E-state index contributed by atoms with van der Waals surface area (Å²) in [5, 5.41) is 21.2. The van der Waals surface area contributed by atoms with Crippen LogP contribution in [0.25, 0.3) is 0 Å². The van der Waals surface area contributed by atoms with Gasteiger partial charge in [-0.05, 0) is 25.1 Å². The molecule has 0 radical (unpaired) electrons. The normalized spacial score (nSPS) is 13.9. The van der Waals surface area contributed by atoms with Crippen molar-refractivity contribution < 1.29 is 5.11 Å². The van der Waals surface area contributed by atoms with Crippen molar-refractivity contribution in [1.29, 1.82) is 5.26 Å². The first kappa shape index (κ1) is 13.0. The summed E-state index contributed by atoms with van der Waals surface area (Å²) >= 11 is 3.33. The topological polar surface area (TPSA) is 82.1 Å². The van der Waals surface area contributed by atoms with Crippen molar-refractivity contribution in [1.82, 2.24) is 0 Å². The summed E-state index contributed by atoms with van der Waals surface area (Å²) < 4.78 is 0.889. The molecule has 0 aliphatic heterocycles. The van der Waals surface area contributed by atoms with Crippen LogP contribution >= 0.6 is 15.9 Å². The lowest BCUT2D eigenvalue weighted by molar-refractivity contribution is 0.168. The average Bonchev–Trinajstić information content (AvgIpc) is 2.25. The van der Waals surface area contributed by atoms with Gasteiger partial charge in [-0.3, -0.25) is 0 Å². The minimum absolute atomic E-state index is 0.356. The number of hydrogen-bond acceptors (Lipinski definition) is 4. The van der Waals surface area contributed by atoms with Gasteiger partial charge in [0.2, 0.25) is 0 Å². The summed E-state index contributed by atoms with van der Waals surface area (Å²) in [6.07, 6.45) is -0.579. The molecule has 0 saturated carbocycles. The second kappa shape index (κ2) is 5.85. The standard InChI is InChI=1S/C11H14BrN3O/c1-7(16)10(14)6-15-11-4-9(12)3-2-8(11)5-13/h2-4,7,10,15-16H,6,14H2,1H3. The molecule has 0 aliphatic rings. The number of anilines is 1. The van der Waals surface area contributed by atoms with Gasteiger partial charge in [-0.25, -0.2) is 0 Å². The highest BCUT2D eigenvalue weighted by atomic mass is 79.9. The maximum absolute atomic E-state index is 9.24. The monoisotopic (exact) mass is 283 g/mol. The Balaban J connectivity index is 2.73. The smallest absolute Gasteiger partial charge is 0.101 e. The fourth-order valence-corrected chi connectivity index (χ4v) is 1.52. The predicted molar refractivity (Wildman–Crippen MR) is 67.0 cm³/mol. The molecule has 0 saturated heterocycles. The molecular formula is C11H14BrN3O. The van der Waals surface area contributed by atoms with E-state index in [1.807, 2.05) is 6.07 Å². The molecule has 16 heavy (non-hydrogen) atoms. The zero-order valence-corrected chi connectivity index (χ0v) is 10.5. The van der Waals surface area contributed by atoms with Crippen LogP contribution in [-0.4, -0.2) is 23.8 Å². The molecule has 0 bridgehead atoms. The number of nitriles is 1. The van der Waals surface area contributed by atoms with E-state index in [1.165, 1.54) is 0 Å². The molecule has 86 valence electrons. The zero-order valence-electron chi connectivity index (χ0n) is 8.94. The SMILES string of the molecule is CC(O)C(N)CNc1cc(Br)ccc1C#N. The maximum atomic E-state index is 9.24. The Labute approximate surface area is 103 Å². The van der Waals surface area contributed by atoms with Crippen molar-refractivity contribution in [2.75, 3.05) is 11.9 Å². The van der Waals surface area contributed by atoms with Crippen molar-refractivity contribution >= 4 is 21.6 Å². The first-order valence-corrected chi connectivity index (χ1v) is 5.71. The highest BCUT2D eigenvalue weighted by Gasteiger charge is 2.10. The Kier molecular flexibility index (Phi) is 4.74. The third-order valence-corrected chi connectivity index (χ3v) is 2.74. The number of nitrogens with two attached hydrogens (primary N) is 1. The van der Waals surface area contributed by atoms with E-state index in [0.29, 0.717) is 17.8 Å². The van der Waals surface area contributed by atoms with E-state index in [2.05, 4.69) is 27.3 Å². The van der Waals surface area contributed by atoms with Crippen LogP contribution in [0, 0.1) is 11.3 Å². The Morgan fingerprint density at radius 2 is 2.31 bits per heavy atom. The fraction of sp³-hybridized carbons (Fsp3) is 0.364. The minimum Gasteiger partial charge on any atom is -0.392 e. The van der Waals surface area contributed by atoms with E-state index in [-0.39, 0.29) is 6.04 Å². The van der Waals surface area contributed by atoms with Gasteiger partial charge in [-0.2, -0.15) is 5.26 Å². The number of aliphatic hydroxyl groups is 1. The Hall–Kier alpha value is -1.09. The van der Waals surface area contributed by atoms with E-state index in [1.54, 1.807) is 19.1 Å². The van der Waals surface area contributed by atoms with Gasteiger partial charge in [0.05, 0.1) is 17.4 Å². The Morgan fingerprint density at radius 1 is 1.62 bits per heavy atom. The van der Waals surface area contributed by atoms with Gasteiger partial charge in [0.25, 0.3) is 0 Å². The van der Waals surface area contributed by atoms with Crippen LogP contribution in [0.1, 0.15) is 12.5 Å². The van der Waals surface area contributed by atoms with E-state index in [0.717, 1.165) is 4.47 Å². The Morgan fingerprint density at radius 3 is 2.88 bits per heavy atom. The summed E-state index contributed by atoms with van der Waals surface area (Å²) in [5.41, 5.74) is 6.96.